The molecule has 0 aromatic rings. The molecule has 5 heteroatoms. The Morgan fingerprint density at radius 2 is 1.47 bits per heavy atom. The summed E-state index contributed by atoms with van der Waals surface area (Å²) >= 11 is 0. The quantitative estimate of drug-likeness (QED) is 0.684. The summed E-state index contributed by atoms with van der Waals surface area (Å²) in [4.78, 5) is 0. The molecule has 0 amide bonds. The molecule has 15 heavy (non-hydrogen) atoms. The van der Waals surface area contributed by atoms with Crippen molar-refractivity contribution in [2.24, 2.45) is 0 Å². The van der Waals surface area contributed by atoms with Gasteiger partial charge in [0.2, 0.25) is 0 Å². The molecule has 88 valence electrons. The van der Waals surface area contributed by atoms with Crippen LogP contribution in [0.5, 0.6) is 0 Å². The van der Waals surface area contributed by atoms with Gasteiger partial charge in [-0.25, -0.2) is 9.24 Å². The van der Waals surface area contributed by atoms with Gasteiger partial charge in [0.25, 0.3) is 0 Å². The van der Waals surface area contributed by atoms with Gasteiger partial charge in [0, 0.05) is 12.1 Å². The fourth-order valence-corrected chi connectivity index (χ4v) is 5.04. The Morgan fingerprint density at radius 3 is 1.80 bits per heavy atom. The molecule has 2 rings (SSSR count). The smallest absolute Gasteiger partial charge is 0.297 e. The minimum Gasteiger partial charge on any atom is -0.297 e. The van der Waals surface area contributed by atoms with E-state index in [9.17, 15) is 4.57 Å². The summed E-state index contributed by atoms with van der Waals surface area (Å²) in [6.45, 7) is 4.63. The van der Waals surface area contributed by atoms with Crippen LogP contribution in [0.3, 0.4) is 0 Å². The van der Waals surface area contributed by atoms with Crippen LogP contribution in [0.4, 0.5) is 0 Å². The first-order chi connectivity index (χ1) is 7.21. The summed E-state index contributed by atoms with van der Waals surface area (Å²) < 4.78 is 25.4. The summed E-state index contributed by atoms with van der Waals surface area (Å²) in [5.74, 6) is 0. The predicted molar refractivity (Wildman–Crippen MR) is 58.7 cm³/mol. The van der Waals surface area contributed by atoms with Crippen LogP contribution in [0.1, 0.15) is 39.5 Å². The Kier molecular flexibility index (Phi) is 3.51. The number of hydrogen-bond donors (Lipinski definition) is 0. The minimum absolute atomic E-state index is 0.430. The lowest BCUT2D eigenvalue weighted by atomic mass is 10.0. The van der Waals surface area contributed by atoms with Crippen LogP contribution in [-0.4, -0.2) is 30.0 Å². The maximum Gasteiger partial charge on any atom is 0.408 e. The summed E-state index contributed by atoms with van der Waals surface area (Å²) in [6.07, 6.45) is 4.59. The van der Waals surface area contributed by atoms with Gasteiger partial charge in [-0.15, -0.1) is 0 Å². The van der Waals surface area contributed by atoms with Crippen molar-refractivity contribution < 1.29 is 13.6 Å². The second-order valence-electron chi connectivity index (χ2n) is 4.15. The zero-order valence-electron chi connectivity index (χ0n) is 9.52. The highest BCUT2D eigenvalue weighted by molar-refractivity contribution is 7.51. The maximum absolute atomic E-state index is 12.6. The van der Waals surface area contributed by atoms with Gasteiger partial charge >= 0.3 is 7.75 Å². The highest BCUT2D eigenvalue weighted by Crippen LogP contribution is 2.60. The van der Waals surface area contributed by atoms with Crippen molar-refractivity contribution in [3.63, 3.8) is 0 Å². The molecule has 0 spiro atoms. The van der Waals surface area contributed by atoms with E-state index < -0.39 is 7.75 Å². The standard InChI is InChI=1S/C10H20NO3P/c1-3-13-15(12,14-4-2)11-9-5-6-10(11)8-7-9/h9-10H,3-8H2,1-2H3. The van der Waals surface area contributed by atoms with E-state index in [1.165, 1.54) is 0 Å². The zero-order chi connectivity index (χ0) is 10.9. The lowest BCUT2D eigenvalue weighted by molar-refractivity contribution is 0.161. The summed E-state index contributed by atoms with van der Waals surface area (Å²) in [7, 11) is -2.98. The normalized spacial score (nSPS) is 31.3. The third-order valence-electron chi connectivity index (χ3n) is 3.28. The summed E-state index contributed by atoms with van der Waals surface area (Å²) in [5, 5.41) is 0. The second kappa shape index (κ2) is 4.54. The number of fused-ring (bicyclic) bond motifs is 2. The van der Waals surface area contributed by atoms with E-state index in [0.29, 0.717) is 25.3 Å². The molecule has 4 nitrogen and oxygen atoms in total. The van der Waals surface area contributed by atoms with Gasteiger partial charge in [-0.1, -0.05) is 0 Å². The van der Waals surface area contributed by atoms with E-state index in [1.54, 1.807) is 0 Å². The Morgan fingerprint density at radius 1 is 1.07 bits per heavy atom. The molecule has 0 saturated carbocycles. The van der Waals surface area contributed by atoms with Crippen molar-refractivity contribution in [3.8, 4) is 0 Å². The first kappa shape index (κ1) is 11.6. The van der Waals surface area contributed by atoms with Gasteiger partial charge < -0.3 is 0 Å². The Labute approximate surface area is 91.5 Å². The van der Waals surface area contributed by atoms with Crippen molar-refractivity contribution in [1.29, 1.82) is 0 Å². The molecule has 0 unspecified atom stereocenters. The van der Waals surface area contributed by atoms with E-state index in [0.717, 1.165) is 25.7 Å². The maximum atomic E-state index is 12.6. The van der Waals surface area contributed by atoms with Crippen LogP contribution in [0.15, 0.2) is 0 Å². The average Bonchev–Trinajstić information content (AvgIpc) is 2.77. The van der Waals surface area contributed by atoms with E-state index in [2.05, 4.69) is 0 Å². The third kappa shape index (κ3) is 2.01. The van der Waals surface area contributed by atoms with E-state index in [1.807, 2.05) is 18.5 Å². The molecule has 0 atom stereocenters. The Balaban J connectivity index is 2.14. The molecule has 0 aromatic carbocycles. The number of rotatable bonds is 5. The number of hydrogen-bond acceptors (Lipinski definition) is 3. The van der Waals surface area contributed by atoms with Gasteiger partial charge in [-0.05, 0) is 39.5 Å². The molecule has 2 heterocycles. The Hall–Kier alpha value is 0.110. The van der Waals surface area contributed by atoms with Crippen molar-refractivity contribution >= 4 is 7.75 Å². The SMILES string of the molecule is CCOP(=O)(OCC)N1C2CCC1CC2. The topological polar surface area (TPSA) is 38.8 Å². The van der Waals surface area contributed by atoms with Gasteiger partial charge in [-0.2, -0.15) is 0 Å². The molecule has 0 radical (unpaired) electrons. The molecule has 2 saturated heterocycles. The van der Waals surface area contributed by atoms with Crippen LogP contribution in [0.2, 0.25) is 0 Å². The monoisotopic (exact) mass is 233 g/mol. The molecule has 2 aliphatic rings. The second-order valence-corrected chi connectivity index (χ2v) is 6.06. The molecule has 2 fully saturated rings. The fraction of sp³-hybridized carbons (Fsp3) is 1.00. The van der Waals surface area contributed by atoms with E-state index >= 15 is 0 Å². The van der Waals surface area contributed by atoms with Gasteiger partial charge in [0.05, 0.1) is 13.2 Å². The summed E-state index contributed by atoms with van der Waals surface area (Å²) in [5.41, 5.74) is 0. The predicted octanol–water partition coefficient (Wildman–Crippen LogP) is 2.79. The molecule has 0 aromatic heterocycles. The van der Waals surface area contributed by atoms with Crippen LogP contribution in [0.25, 0.3) is 0 Å². The first-order valence-electron chi connectivity index (χ1n) is 5.89. The van der Waals surface area contributed by atoms with Crippen LogP contribution in [-0.2, 0) is 13.6 Å². The largest absolute Gasteiger partial charge is 0.408 e. The highest BCUT2D eigenvalue weighted by Gasteiger charge is 2.50. The molecular formula is C10H20NO3P. The lowest BCUT2D eigenvalue weighted by Gasteiger charge is -2.29. The lowest BCUT2D eigenvalue weighted by Crippen LogP contribution is -2.27. The van der Waals surface area contributed by atoms with Gasteiger partial charge in [0.1, 0.15) is 0 Å². The highest BCUT2D eigenvalue weighted by atomic mass is 31.2. The zero-order valence-corrected chi connectivity index (χ0v) is 10.4. The summed E-state index contributed by atoms with van der Waals surface area (Å²) in [6, 6.07) is 0.859. The fourth-order valence-electron chi connectivity index (χ4n) is 2.78. The van der Waals surface area contributed by atoms with Gasteiger partial charge in [-0.3, -0.25) is 9.05 Å². The van der Waals surface area contributed by atoms with Crippen molar-refractivity contribution in [2.45, 2.75) is 51.6 Å². The van der Waals surface area contributed by atoms with Crippen LogP contribution < -0.4 is 0 Å². The van der Waals surface area contributed by atoms with Crippen molar-refractivity contribution in [3.05, 3.63) is 0 Å². The first-order valence-corrected chi connectivity index (χ1v) is 7.38. The van der Waals surface area contributed by atoms with E-state index in [4.69, 9.17) is 9.05 Å². The molecule has 0 N–H and O–H groups in total. The minimum atomic E-state index is -2.98. The Bertz CT molecular complexity index is 241. The van der Waals surface area contributed by atoms with Gasteiger partial charge in [0.15, 0.2) is 0 Å². The average molecular weight is 233 g/mol. The third-order valence-corrected chi connectivity index (χ3v) is 5.67. The molecule has 2 bridgehead atoms. The molecular weight excluding hydrogens is 213 g/mol. The molecule has 2 aliphatic heterocycles. The molecule has 0 aliphatic carbocycles. The number of nitrogens with zero attached hydrogens (tertiary/aromatic N) is 1. The van der Waals surface area contributed by atoms with Crippen LogP contribution >= 0.6 is 7.75 Å². The van der Waals surface area contributed by atoms with Crippen LogP contribution in [0, 0.1) is 0 Å². The van der Waals surface area contributed by atoms with E-state index in [-0.39, 0.29) is 0 Å². The van der Waals surface area contributed by atoms with Crippen molar-refractivity contribution in [2.75, 3.05) is 13.2 Å². The van der Waals surface area contributed by atoms with Crippen molar-refractivity contribution in [1.82, 2.24) is 4.67 Å².